The van der Waals surface area contributed by atoms with Crippen LogP contribution in [0.5, 0.6) is 0 Å². The van der Waals surface area contributed by atoms with E-state index in [4.69, 9.17) is 0 Å². The lowest BCUT2D eigenvalue weighted by Crippen LogP contribution is -2.50. The molecule has 0 aromatic heterocycles. The lowest BCUT2D eigenvalue weighted by molar-refractivity contribution is -0.136. The minimum atomic E-state index is -0.148. The molecule has 0 unspecified atom stereocenters. The average molecular weight is 434 g/mol. The molecule has 1 heterocycles. The molecule has 4 rings (SSSR count). The number of carbonyl (C=O) groups excluding carboxylic acids is 2. The summed E-state index contributed by atoms with van der Waals surface area (Å²) < 4.78 is 0. The minimum absolute atomic E-state index is 0.0290. The topological polar surface area (TPSA) is 52.7 Å². The van der Waals surface area contributed by atoms with Crippen LogP contribution in [0.1, 0.15) is 56.9 Å². The van der Waals surface area contributed by atoms with Gasteiger partial charge in [0, 0.05) is 43.5 Å². The maximum atomic E-state index is 12.8. The van der Waals surface area contributed by atoms with Gasteiger partial charge >= 0.3 is 0 Å². The summed E-state index contributed by atoms with van der Waals surface area (Å²) in [5.74, 6) is 0.499. The Morgan fingerprint density at radius 2 is 1.56 bits per heavy atom. The maximum absolute atomic E-state index is 12.8. The van der Waals surface area contributed by atoms with Crippen molar-refractivity contribution >= 4 is 23.2 Å². The van der Waals surface area contributed by atoms with Crippen molar-refractivity contribution in [1.29, 1.82) is 0 Å². The van der Waals surface area contributed by atoms with Crippen LogP contribution in [-0.2, 0) is 9.59 Å². The molecule has 1 aliphatic heterocycles. The van der Waals surface area contributed by atoms with Crippen LogP contribution in [0, 0.1) is 5.92 Å². The fourth-order valence-electron chi connectivity index (χ4n) is 5.04. The predicted molar refractivity (Wildman–Crippen MR) is 130 cm³/mol. The molecular formula is C27H35N3O2. The number of hydrogen-bond donors (Lipinski definition) is 1. The lowest BCUT2D eigenvalue weighted by atomic mass is 9.88. The van der Waals surface area contributed by atoms with E-state index >= 15 is 0 Å². The first-order valence-corrected chi connectivity index (χ1v) is 12.2. The van der Waals surface area contributed by atoms with Gasteiger partial charge < -0.3 is 15.1 Å². The van der Waals surface area contributed by atoms with Gasteiger partial charge in [-0.1, -0.05) is 56.5 Å². The van der Waals surface area contributed by atoms with E-state index in [0.717, 1.165) is 62.4 Å². The average Bonchev–Trinajstić information content (AvgIpc) is 2.86. The second-order valence-corrected chi connectivity index (χ2v) is 9.05. The molecule has 1 atom stereocenters. The monoisotopic (exact) mass is 433 g/mol. The smallest absolute Gasteiger partial charge is 0.231 e. The second kappa shape index (κ2) is 10.7. The minimum Gasteiger partial charge on any atom is -0.368 e. The second-order valence-electron chi connectivity index (χ2n) is 9.05. The van der Waals surface area contributed by atoms with Gasteiger partial charge in [0.1, 0.15) is 0 Å². The molecule has 1 saturated carbocycles. The van der Waals surface area contributed by atoms with Crippen LogP contribution in [0.15, 0.2) is 54.6 Å². The Labute approximate surface area is 191 Å². The third kappa shape index (κ3) is 5.32. The number of amides is 2. The van der Waals surface area contributed by atoms with E-state index in [1.54, 1.807) is 0 Å². The summed E-state index contributed by atoms with van der Waals surface area (Å²) in [7, 11) is 0. The molecule has 2 amide bonds. The molecule has 2 aromatic carbocycles. The molecule has 32 heavy (non-hydrogen) atoms. The highest BCUT2D eigenvalue weighted by Gasteiger charge is 2.28. The van der Waals surface area contributed by atoms with Crippen LogP contribution in [0.3, 0.4) is 0 Å². The highest BCUT2D eigenvalue weighted by Crippen LogP contribution is 2.27. The van der Waals surface area contributed by atoms with Gasteiger partial charge in [-0.25, -0.2) is 0 Å². The third-order valence-corrected chi connectivity index (χ3v) is 6.97. The van der Waals surface area contributed by atoms with Crippen LogP contribution in [0.25, 0.3) is 0 Å². The molecule has 0 bridgehead atoms. The maximum Gasteiger partial charge on any atom is 0.231 e. The van der Waals surface area contributed by atoms with Crippen molar-refractivity contribution in [3.63, 3.8) is 0 Å². The van der Waals surface area contributed by atoms with Crippen LogP contribution < -0.4 is 10.2 Å². The van der Waals surface area contributed by atoms with Gasteiger partial charge in [-0.15, -0.1) is 0 Å². The molecule has 1 saturated heterocycles. The zero-order valence-corrected chi connectivity index (χ0v) is 19.1. The summed E-state index contributed by atoms with van der Waals surface area (Å²) in [6.45, 7) is 5.34. The quantitative estimate of drug-likeness (QED) is 0.694. The predicted octanol–water partition coefficient (Wildman–Crippen LogP) is 5.05. The van der Waals surface area contributed by atoms with E-state index in [2.05, 4.69) is 27.2 Å². The van der Waals surface area contributed by atoms with Gasteiger partial charge in [0.2, 0.25) is 11.8 Å². The number of piperazine rings is 1. The van der Waals surface area contributed by atoms with Crippen molar-refractivity contribution in [2.24, 2.45) is 5.92 Å². The van der Waals surface area contributed by atoms with Crippen LogP contribution >= 0.6 is 0 Å². The largest absolute Gasteiger partial charge is 0.368 e. The highest BCUT2D eigenvalue weighted by atomic mass is 16.2. The molecule has 170 valence electrons. The summed E-state index contributed by atoms with van der Waals surface area (Å²) in [5, 5.41) is 3.07. The lowest BCUT2D eigenvalue weighted by Gasteiger charge is -2.38. The van der Waals surface area contributed by atoms with E-state index in [1.165, 1.54) is 19.3 Å². The van der Waals surface area contributed by atoms with Crippen molar-refractivity contribution in [1.82, 2.24) is 4.90 Å². The molecule has 1 aliphatic carbocycles. The van der Waals surface area contributed by atoms with Crippen molar-refractivity contribution in [2.45, 2.75) is 51.4 Å². The molecule has 1 N–H and O–H groups in total. The number of nitrogens with one attached hydrogen (secondary N) is 1. The molecule has 2 fully saturated rings. The Bertz CT molecular complexity index is 883. The van der Waals surface area contributed by atoms with Gasteiger partial charge in [-0.3, -0.25) is 9.59 Å². The van der Waals surface area contributed by atoms with Crippen molar-refractivity contribution in [3.05, 3.63) is 60.2 Å². The van der Waals surface area contributed by atoms with E-state index in [-0.39, 0.29) is 17.7 Å². The number of carbonyl (C=O) groups is 2. The van der Waals surface area contributed by atoms with E-state index < -0.39 is 0 Å². The Morgan fingerprint density at radius 3 is 2.19 bits per heavy atom. The number of nitrogens with zero attached hydrogens (tertiary/aromatic N) is 2. The molecule has 5 nitrogen and oxygen atoms in total. The third-order valence-electron chi connectivity index (χ3n) is 6.97. The highest BCUT2D eigenvalue weighted by molar-refractivity contribution is 5.96. The first-order chi connectivity index (χ1) is 15.7. The van der Waals surface area contributed by atoms with Gasteiger partial charge in [0.25, 0.3) is 0 Å². The van der Waals surface area contributed by atoms with Crippen molar-refractivity contribution in [2.75, 3.05) is 36.4 Å². The van der Waals surface area contributed by atoms with Crippen molar-refractivity contribution < 1.29 is 9.59 Å². The number of rotatable bonds is 6. The fraction of sp³-hybridized carbons (Fsp3) is 0.481. The molecule has 0 radical (unpaired) electrons. The van der Waals surface area contributed by atoms with Crippen molar-refractivity contribution in [3.8, 4) is 0 Å². The normalized spacial score (nSPS) is 18.3. The SMILES string of the molecule is CC[C@H](C(=O)Nc1ccc(N2CCN(C(=O)C3CCCCC3)CC2)cc1)c1ccccc1. The Kier molecular flexibility index (Phi) is 7.46. The summed E-state index contributed by atoms with van der Waals surface area (Å²) in [6.07, 6.45) is 6.56. The van der Waals surface area contributed by atoms with E-state index in [0.29, 0.717) is 5.91 Å². The summed E-state index contributed by atoms with van der Waals surface area (Å²) >= 11 is 0. The summed E-state index contributed by atoms with van der Waals surface area (Å²) in [5.41, 5.74) is 3.01. The Hall–Kier alpha value is -2.82. The zero-order valence-electron chi connectivity index (χ0n) is 19.1. The zero-order chi connectivity index (χ0) is 22.3. The first-order valence-electron chi connectivity index (χ1n) is 12.2. The van der Waals surface area contributed by atoms with Crippen LogP contribution in [0.4, 0.5) is 11.4 Å². The van der Waals surface area contributed by atoms with E-state index in [9.17, 15) is 9.59 Å². The van der Waals surface area contributed by atoms with Gasteiger partial charge in [-0.05, 0) is 49.1 Å². The van der Waals surface area contributed by atoms with E-state index in [1.807, 2.05) is 49.4 Å². The standard InChI is InChI=1S/C27H35N3O2/c1-2-25(21-9-5-3-6-10-21)26(31)28-23-13-15-24(16-14-23)29-17-19-30(20-18-29)27(32)22-11-7-4-8-12-22/h3,5-6,9-10,13-16,22,25H,2,4,7-8,11-12,17-20H2,1H3,(H,28,31)/t25-/m0/s1. The molecule has 5 heteroatoms. The number of benzene rings is 2. The van der Waals surface area contributed by atoms with Crippen LogP contribution in [0.2, 0.25) is 0 Å². The first kappa shape index (κ1) is 22.4. The molecular weight excluding hydrogens is 398 g/mol. The fourth-order valence-corrected chi connectivity index (χ4v) is 5.04. The summed E-state index contributed by atoms with van der Waals surface area (Å²) in [4.78, 5) is 30.0. The molecule has 2 aromatic rings. The summed E-state index contributed by atoms with van der Waals surface area (Å²) in [6, 6.07) is 18.0. The molecule has 2 aliphatic rings. The molecule has 0 spiro atoms. The van der Waals surface area contributed by atoms with Crippen LogP contribution in [-0.4, -0.2) is 42.9 Å². The van der Waals surface area contributed by atoms with Gasteiger partial charge in [0.05, 0.1) is 5.92 Å². The number of hydrogen-bond acceptors (Lipinski definition) is 3. The van der Waals surface area contributed by atoms with Gasteiger partial charge in [-0.2, -0.15) is 0 Å². The Morgan fingerprint density at radius 1 is 0.906 bits per heavy atom. The number of anilines is 2. The Balaban J connectivity index is 1.30. The van der Waals surface area contributed by atoms with Gasteiger partial charge in [0.15, 0.2) is 0 Å².